The van der Waals surface area contributed by atoms with Crippen molar-refractivity contribution in [1.82, 2.24) is 21.4 Å². The average Bonchev–Trinajstić information content (AvgIpc) is 2.64. The van der Waals surface area contributed by atoms with Crippen molar-refractivity contribution in [3.63, 3.8) is 0 Å². The van der Waals surface area contributed by atoms with Gasteiger partial charge in [0.1, 0.15) is 0 Å². The van der Waals surface area contributed by atoms with E-state index in [9.17, 15) is 9.59 Å². The van der Waals surface area contributed by atoms with Crippen molar-refractivity contribution in [2.45, 2.75) is 51.4 Å². The van der Waals surface area contributed by atoms with E-state index in [0.717, 1.165) is 64.6 Å². The molecular formula is C17H37N7O2. The van der Waals surface area contributed by atoms with Gasteiger partial charge in [-0.2, -0.15) is 0 Å². The summed E-state index contributed by atoms with van der Waals surface area (Å²) in [5.41, 5.74) is 7.76. The Morgan fingerprint density at radius 3 is 2.35 bits per heavy atom. The van der Waals surface area contributed by atoms with Gasteiger partial charge in [0.2, 0.25) is 11.8 Å². The standard InChI is InChI=1S/C17H37N7O2/c18-9-7-12-20-10-5-6-13-22-17(26)14-23-16(25)8-3-1-2-4-11-21-15-24-19/h15,20H,1-14,18-19H2,(H,21,24)(H,22,26)(H,23,25). The first-order valence-electron chi connectivity index (χ1n) is 9.59. The fraction of sp³-hybridized carbons (Fsp3) is 0.824. The number of nitrogens with two attached hydrogens (primary N) is 2. The van der Waals surface area contributed by atoms with Crippen molar-refractivity contribution in [1.29, 1.82) is 0 Å². The quantitative estimate of drug-likeness (QED) is 0.0622. The van der Waals surface area contributed by atoms with E-state index in [1.54, 1.807) is 0 Å². The van der Waals surface area contributed by atoms with E-state index in [0.29, 0.717) is 19.5 Å². The van der Waals surface area contributed by atoms with E-state index in [1.165, 1.54) is 6.34 Å². The van der Waals surface area contributed by atoms with Crippen LogP contribution in [0.25, 0.3) is 0 Å². The molecule has 0 saturated carbocycles. The van der Waals surface area contributed by atoms with Crippen molar-refractivity contribution in [3.05, 3.63) is 0 Å². The third-order valence-corrected chi connectivity index (χ3v) is 3.71. The Hall–Kier alpha value is -1.71. The number of hydrogen-bond acceptors (Lipinski definition) is 6. The second-order valence-corrected chi connectivity index (χ2v) is 6.09. The number of hydrazine groups is 1. The number of aliphatic imine (C=N–C) groups is 1. The summed E-state index contributed by atoms with van der Waals surface area (Å²) < 4.78 is 0. The summed E-state index contributed by atoms with van der Waals surface area (Å²) >= 11 is 0. The van der Waals surface area contributed by atoms with Crippen LogP contribution in [-0.4, -0.2) is 57.4 Å². The maximum Gasteiger partial charge on any atom is 0.239 e. The number of nitrogens with one attached hydrogen (secondary N) is 4. The smallest absolute Gasteiger partial charge is 0.239 e. The summed E-state index contributed by atoms with van der Waals surface area (Å²) in [7, 11) is 0. The zero-order valence-corrected chi connectivity index (χ0v) is 15.9. The Balaban J connectivity index is 3.37. The van der Waals surface area contributed by atoms with Gasteiger partial charge in [-0.05, 0) is 51.7 Å². The number of rotatable bonds is 18. The van der Waals surface area contributed by atoms with Crippen LogP contribution in [0.4, 0.5) is 0 Å². The van der Waals surface area contributed by atoms with Crippen LogP contribution in [0, 0.1) is 0 Å². The average molecular weight is 372 g/mol. The molecule has 0 bridgehead atoms. The van der Waals surface area contributed by atoms with E-state index >= 15 is 0 Å². The minimum atomic E-state index is -0.138. The van der Waals surface area contributed by atoms with Crippen LogP contribution in [0.3, 0.4) is 0 Å². The van der Waals surface area contributed by atoms with Gasteiger partial charge in [-0.15, -0.1) is 0 Å². The summed E-state index contributed by atoms with van der Waals surface area (Å²) in [6, 6.07) is 0. The third-order valence-electron chi connectivity index (χ3n) is 3.71. The Morgan fingerprint density at radius 2 is 1.58 bits per heavy atom. The molecule has 0 spiro atoms. The molecule has 0 fully saturated rings. The maximum absolute atomic E-state index is 11.7. The van der Waals surface area contributed by atoms with Gasteiger partial charge in [0.25, 0.3) is 0 Å². The molecule has 26 heavy (non-hydrogen) atoms. The van der Waals surface area contributed by atoms with Crippen LogP contribution in [0.15, 0.2) is 4.99 Å². The number of amides is 2. The molecule has 0 aliphatic rings. The van der Waals surface area contributed by atoms with E-state index in [1.807, 2.05) is 0 Å². The topological polar surface area (TPSA) is 147 Å². The normalized spacial score (nSPS) is 10.8. The first kappa shape index (κ1) is 24.3. The zero-order valence-electron chi connectivity index (χ0n) is 15.9. The third kappa shape index (κ3) is 18.6. The summed E-state index contributed by atoms with van der Waals surface area (Å²) in [4.78, 5) is 27.3. The van der Waals surface area contributed by atoms with Crippen LogP contribution in [0.2, 0.25) is 0 Å². The molecule has 0 aliphatic carbocycles. The molecule has 0 saturated heterocycles. The van der Waals surface area contributed by atoms with Crippen LogP contribution in [-0.2, 0) is 9.59 Å². The number of hydrogen-bond donors (Lipinski definition) is 6. The van der Waals surface area contributed by atoms with Crippen molar-refractivity contribution < 1.29 is 9.59 Å². The van der Waals surface area contributed by atoms with Crippen LogP contribution < -0.4 is 33.0 Å². The summed E-state index contributed by atoms with van der Waals surface area (Å²) in [5, 5.41) is 8.76. The largest absolute Gasteiger partial charge is 0.355 e. The molecule has 0 aliphatic heterocycles. The van der Waals surface area contributed by atoms with Crippen LogP contribution in [0.5, 0.6) is 0 Å². The van der Waals surface area contributed by atoms with Gasteiger partial charge in [0.05, 0.1) is 12.9 Å². The first-order chi connectivity index (χ1) is 12.7. The van der Waals surface area contributed by atoms with Crippen LogP contribution in [0.1, 0.15) is 51.4 Å². The minimum Gasteiger partial charge on any atom is -0.355 e. The highest BCUT2D eigenvalue weighted by Crippen LogP contribution is 2.02. The molecule has 2 amide bonds. The summed E-state index contributed by atoms with van der Waals surface area (Å²) in [6.45, 7) is 4.00. The van der Waals surface area contributed by atoms with Gasteiger partial charge < -0.3 is 27.1 Å². The second-order valence-electron chi connectivity index (χ2n) is 6.09. The highest BCUT2D eigenvalue weighted by Gasteiger charge is 2.04. The molecule has 0 aromatic carbocycles. The zero-order chi connectivity index (χ0) is 19.3. The van der Waals surface area contributed by atoms with Gasteiger partial charge in [0.15, 0.2) is 0 Å². The minimum absolute atomic E-state index is 0.0500. The Labute approximate surface area is 157 Å². The molecule has 0 aromatic heterocycles. The summed E-state index contributed by atoms with van der Waals surface area (Å²) in [6.07, 6.45) is 8.63. The lowest BCUT2D eigenvalue weighted by Gasteiger charge is -2.07. The highest BCUT2D eigenvalue weighted by atomic mass is 16.2. The monoisotopic (exact) mass is 371 g/mol. The molecule has 0 radical (unpaired) electrons. The number of carbonyl (C=O) groups is 2. The van der Waals surface area contributed by atoms with Gasteiger partial charge >= 0.3 is 0 Å². The molecule has 9 heteroatoms. The Kier molecular flexibility index (Phi) is 18.3. The Bertz CT molecular complexity index is 378. The van der Waals surface area contributed by atoms with Gasteiger partial charge in [-0.25, -0.2) is 5.84 Å². The number of carbonyl (C=O) groups excluding carboxylic acids is 2. The molecule has 0 unspecified atom stereocenters. The van der Waals surface area contributed by atoms with Crippen LogP contribution >= 0.6 is 0 Å². The SMILES string of the molecule is NCCCNCCCCNC(=O)CNC(=O)CCCCCCN=CNN. The molecule has 8 N–H and O–H groups in total. The first-order valence-corrected chi connectivity index (χ1v) is 9.59. The molecule has 9 nitrogen and oxygen atoms in total. The van der Waals surface area contributed by atoms with E-state index in [4.69, 9.17) is 11.6 Å². The molecule has 152 valence electrons. The van der Waals surface area contributed by atoms with E-state index < -0.39 is 0 Å². The van der Waals surface area contributed by atoms with Gasteiger partial charge in [-0.3, -0.25) is 14.6 Å². The van der Waals surface area contributed by atoms with Crippen molar-refractivity contribution in [2.75, 3.05) is 39.3 Å². The predicted molar refractivity (Wildman–Crippen MR) is 106 cm³/mol. The second kappa shape index (κ2) is 19.6. The van der Waals surface area contributed by atoms with Gasteiger partial charge in [0, 0.05) is 19.5 Å². The van der Waals surface area contributed by atoms with Crippen molar-refractivity contribution in [2.24, 2.45) is 16.6 Å². The predicted octanol–water partition coefficient (Wildman–Crippen LogP) is -0.620. The summed E-state index contributed by atoms with van der Waals surface area (Å²) in [5.74, 6) is 4.84. The maximum atomic E-state index is 11.7. The number of nitrogens with zero attached hydrogens (tertiary/aromatic N) is 1. The molecular weight excluding hydrogens is 334 g/mol. The highest BCUT2D eigenvalue weighted by molar-refractivity contribution is 5.84. The van der Waals surface area contributed by atoms with Crippen molar-refractivity contribution in [3.8, 4) is 0 Å². The lowest BCUT2D eigenvalue weighted by molar-refractivity contribution is -0.126. The lowest BCUT2D eigenvalue weighted by atomic mass is 10.1. The lowest BCUT2D eigenvalue weighted by Crippen LogP contribution is -2.37. The molecule has 0 heterocycles. The molecule has 0 atom stereocenters. The van der Waals surface area contributed by atoms with Crippen molar-refractivity contribution >= 4 is 18.2 Å². The fourth-order valence-corrected chi connectivity index (χ4v) is 2.24. The molecule has 0 rings (SSSR count). The fourth-order valence-electron chi connectivity index (χ4n) is 2.24. The van der Waals surface area contributed by atoms with E-state index in [-0.39, 0.29) is 18.4 Å². The van der Waals surface area contributed by atoms with E-state index in [2.05, 4.69) is 26.4 Å². The Morgan fingerprint density at radius 1 is 0.846 bits per heavy atom. The van der Waals surface area contributed by atoms with Gasteiger partial charge in [-0.1, -0.05) is 12.8 Å². The number of unbranched alkanes of at least 4 members (excludes halogenated alkanes) is 4. The molecule has 0 aromatic rings.